The highest BCUT2D eigenvalue weighted by Gasteiger charge is 2.12. The summed E-state index contributed by atoms with van der Waals surface area (Å²) in [6.45, 7) is 2.05. The van der Waals surface area contributed by atoms with Crippen LogP contribution in [-0.2, 0) is 11.2 Å². The van der Waals surface area contributed by atoms with Crippen LogP contribution in [0, 0.1) is 0 Å². The van der Waals surface area contributed by atoms with Crippen LogP contribution in [0.3, 0.4) is 0 Å². The molecule has 21 heavy (non-hydrogen) atoms. The van der Waals surface area contributed by atoms with Crippen molar-refractivity contribution in [1.82, 2.24) is 9.36 Å². The number of hydrogen-bond acceptors (Lipinski definition) is 7. The average molecular weight is 324 g/mol. The summed E-state index contributed by atoms with van der Waals surface area (Å²) in [5.74, 6) is 2.45. The van der Waals surface area contributed by atoms with Crippen molar-refractivity contribution in [3.8, 4) is 11.5 Å². The molecule has 112 valence electrons. The van der Waals surface area contributed by atoms with Crippen LogP contribution in [0.25, 0.3) is 0 Å². The minimum absolute atomic E-state index is 0.644. The van der Waals surface area contributed by atoms with Gasteiger partial charge in [0.1, 0.15) is 5.82 Å². The van der Waals surface area contributed by atoms with Crippen LogP contribution in [0.5, 0.6) is 11.5 Å². The Labute approximate surface area is 131 Å². The van der Waals surface area contributed by atoms with Crippen molar-refractivity contribution in [2.75, 3.05) is 26.9 Å². The van der Waals surface area contributed by atoms with Gasteiger partial charge in [-0.2, -0.15) is 4.37 Å². The van der Waals surface area contributed by atoms with Gasteiger partial charge in [-0.25, -0.2) is 4.98 Å². The summed E-state index contributed by atoms with van der Waals surface area (Å²) in [5.41, 5.74) is 0. The van der Waals surface area contributed by atoms with Gasteiger partial charge in [0, 0.05) is 24.8 Å². The maximum Gasteiger partial charge on any atom is 0.174 e. The van der Waals surface area contributed by atoms with Crippen molar-refractivity contribution in [3.05, 3.63) is 24.0 Å². The number of fused-ring (bicyclic) bond motifs is 1. The number of rotatable bonds is 5. The molecule has 0 atom stereocenters. The molecule has 0 spiro atoms. The van der Waals surface area contributed by atoms with Crippen molar-refractivity contribution in [1.29, 1.82) is 0 Å². The lowest BCUT2D eigenvalue weighted by Crippen LogP contribution is -1.97. The first kappa shape index (κ1) is 14.6. The summed E-state index contributed by atoms with van der Waals surface area (Å²) >= 11 is 3.00. The molecule has 1 aromatic carbocycles. The largest absolute Gasteiger partial charge is 0.490 e. The molecule has 0 N–H and O–H groups in total. The zero-order chi connectivity index (χ0) is 14.5. The molecule has 0 bridgehead atoms. The molecule has 0 unspecified atom stereocenters. The van der Waals surface area contributed by atoms with Gasteiger partial charge in [-0.3, -0.25) is 0 Å². The Morgan fingerprint density at radius 2 is 2.14 bits per heavy atom. The molecule has 0 aliphatic carbocycles. The zero-order valence-corrected chi connectivity index (χ0v) is 13.3. The summed E-state index contributed by atoms with van der Waals surface area (Å²) in [5, 5.41) is 0. The van der Waals surface area contributed by atoms with Crippen molar-refractivity contribution in [2.24, 2.45) is 0 Å². The van der Waals surface area contributed by atoms with E-state index in [-0.39, 0.29) is 0 Å². The van der Waals surface area contributed by atoms with Crippen molar-refractivity contribution >= 4 is 23.3 Å². The van der Waals surface area contributed by atoms with Crippen LogP contribution in [0.4, 0.5) is 0 Å². The Hall–Kier alpha value is -1.31. The standard InChI is InChI=1S/C14H16N2O3S2/c1-17-8-5-13-15-14(21-16-13)20-10-3-4-11-12(9-10)19-7-2-6-18-11/h3-4,9H,2,5-8H2,1H3. The minimum Gasteiger partial charge on any atom is -0.490 e. The number of ether oxygens (including phenoxy) is 3. The van der Waals surface area contributed by atoms with Crippen LogP contribution in [0.15, 0.2) is 27.4 Å². The van der Waals surface area contributed by atoms with E-state index in [2.05, 4.69) is 9.36 Å². The predicted molar refractivity (Wildman–Crippen MR) is 81.7 cm³/mol. The van der Waals surface area contributed by atoms with Crippen molar-refractivity contribution in [2.45, 2.75) is 22.1 Å². The van der Waals surface area contributed by atoms with E-state index in [0.29, 0.717) is 19.8 Å². The second-order valence-electron chi connectivity index (χ2n) is 4.48. The zero-order valence-electron chi connectivity index (χ0n) is 11.7. The molecule has 5 nitrogen and oxygen atoms in total. The van der Waals surface area contributed by atoms with E-state index >= 15 is 0 Å². The molecule has 0 radical (unpaired) electrons. The molecular formula is C14H16N2O3S2. The van der Waals surface area contributed by atoms with Crippen LogP contribution >= 0.6 is 23.3 Å². The van der Waals surface area contributed by atoms with Gasteiger partial charge in [-0.15, -0.1) is 0 Å². The van der Waals surface area contributed by atoms with Gasteiger partial charge in [-0.05, 0) is 29.7 Å². The molecule has 2 heterocycles. The maximum absolute atomic E-state index is 5.70. The molecule has 0 amide bonds. The third-order valence-electron chi connectivity index (χ3n) is 2.90. The van der Waals surface area contributed by atoms with Gasteiger partial charge >= 0.3 is 0 Å². The van der Waals surface area contributed by atoms with E-state index < -0.39 is 0 Å². The Kier molecular flexibility index (Phi) is 4.95. The average Bonchev–Trinajstić information content (AvgIpc) is 2.80. The topological polar surface area (TPSA) is 53.5 Å². The van der Waals surface area contributed by atoms with Crippen LogP contribution in [0.2, 0.25) is 0 Å². The third-order valence-corrected chi connectivity index (χ3v) is 4.68. The second kappa shape index (κ2) is 7.11. The fraction of sp³-hybridized carbons (Fsp3) is 0.429. The molecule has 1 aliphatic heterocycles. The SMILES string of the molecule is COCCc1nsc(Sc2ccc3c(c2)OCCCO3)n1. The molecular weight excluding hydrogens is 308 g/mol. The van der Waals surface area contributed by atoms with Crippen molar-refractivity contribution < 1.29 is 14.2 Å². The smallest absolute Gasteiger partial charge is 0.174 e. The van der Waals surface area contributed by atoms with E-state index in [0.717, 1.165) is 39.4 Å². The lowest BCUT2D eigenvalue weighted by Gasteiger charge is -2.08. The molecule has 3 rings (SSSR count). The van der Waals surface area contributed by atoms with Gasteiger partial charge in [0.15, 0.2) is 15.8 Å². The third kappa shape index (κ3) is 3.87. The Morgan fingerprint density at radius 3 is 3.00 bits per heavy atom. The summed E-state index contributed by atoms with van der Waals surface area (Å²) in [7, 11) is 1.68. The Balaban J connectivity index is 1.70. The number of hydrogen-bond donors (Lipinski definition) is 0. The van der Waals surface area contributed by atoms with Gasteiger partial charge in [-0.1, -0.05) is 11.8 Å². The first-order valence-corrected chi connectivity index (χ1v) is 8.33. The number of methoxy groups -OCH3 is 1. The number of aromatic nitrogens is 2. The van der Waals surface area contributed by atoms with Gasteiger partial charge in [0.25, 0.3) is 0 Å². The quantitative estimate of drug-likeness (QED) is 0.842. The van der Waals surface area contributed by atoms with E-state index in [1.165, 1.54) is 11.5 Å². The summed E-state index contributed by atoms with van der Waals surface area (Å²) in [6, 6.07) is 5.98. The highest BCUT2D eigenvalue weighted by Crippen LogP contribution is 2.37. The van der Waals surface area contributed by atoms with Crippen LogP contribution in [0.1, 0.15) is 12.2 Å². The molecule has 0 saturated carbocycles. The van der Waals surface area contributed by atoms with Crippen LogP contribution < -0.4 is 9.47 Å². The fourth-order valence-corrected chi connectivity index (χ4v) is 3.55. The Morgan fingerprint density at radius 1 is 1.29 bits per heavy atom. The monoisotopic (exact) mass is 324 g/mol. The van der Waals surface area contributed by atoms with Gasteiger partial charge < -0.3 is 14.2 Å². The lowest BCUT2D eigenvalue weighted by atomic mass is 10.3. The second-order valence-corrected chi connectivity index (χ2v) is 6.55. The lowest BCUT2D eigenvalue weighted by molar-refractivity contribution is 0.200. The maximum atomic E-state index is 5.70. The minimum atomic E-state index is 0.644. The number of benzene rings is 1. The highest BCUT2D eigenvalue weighted by atomic mass is 32.2. The molecule has 1 aromatic heterocycles. The van der Waals surface area contributed by atoms with Gasteiger partial charge in [0.2, 0.25) is 0 Å². The van der Waals surface area contributed by atoms with E-state index in [1.54, 1.807) is 18.9 Å². The van der Waals surface area contributed by atoms with Crippen molar-refractivity contribution in [3.63, 3.8) is 0 Å². The highest BCUT2D eigenvalue weighted by molar-refractivity contribution is 8.01. The van der Waals surface area contributed by atoms with E-state index in [1.807, 2.05) is 18.2 Å². The summed E-state index contributed by atoms with van der Waals surface area (Å²) in [4.78, 5) is 5.57. The molecule has 2 aromatic rings. The molecule has 1 aliphatic rings. The van der Waals surface area contributed by atoms with E-state index in [4.69, 9.17) is 14.2 Å². The number of nitrogens with zero attached hydrogens (tertiary/aromatic N) is 2. The first-order valence-electron chi connectivity index (χ1n) is 6.74. The summed E-state index contributed by atoms with van der Waals surface area (Å²) in [6.07, 6.45) is 1.66. The normalized spacial score (nSPS) is 14.0. The fourth-order valence-electron chi connectivity index (χ4n) is 1.88. The van der Waals surface area contributed by atoms with Crippen LogP contribution in [-0.4, -0.2) is 36.3 Å². The van der Waals surface area contributed by atoms with Gasteiger partial charge in [0.05, 0.1) is 19.8 Å². The summed E-state index contributed by atoms with van der Waals surface area (Å²) < 4.78 is 21.6. The molecule has 0 fully saturated rings. The molecule has 0 saturated heterocycles. The molecule has 7 heteroatoms. The van der Waals surface area contributed by atoms with E-state index in [9.17, 15) is 0 Å². The predicted octanol–water partition coefficient (Wildman–Crippen LogP) is 3.04. The Bertz CT molecular complexity index is 604. The first-order chi connectivity index (χ1) is 10.3.